The smallest absolute Gasteiger partial charge is 0.258 e. The van der Waals surface area contributed by atoms with Crippen LogP contribution in [0, 0.1) is 6.92 Å². The second-order valence-electron chi connectivity index (χ2n) is 5.88. The lowest BCUT2D eigenvalue weighted by molar-refractivity contribution is -0.116. The van der Waals surface area contributed by atoms with Crippen molar-refractivity contribution in [2.45, 2.75) is 26.8 Å². The molecule has 7 heteroatoms. The summed E-state index contributed by atoms with van der Waals surface area (Å²) < 4.78 is 7.40. The normalized spacial score (nSPS) is 15.3. The minimum absolute atomic E-state index is 0.0285. The molecule has 0 spiro atoms. The number of hydrogen-bond donors (Lipinski definition) is 1. The first-order valence-corrected chi connectivity index (χ1v) is 9.48. The Hall–Kier alpha value is -2.54. The van der Waals surface area contributed by atoms with Crippen LogP contribution in [-0.4, -0.2) is 27.9 Å². The van der Waals surface area contributed by atoms with Crippen LogP contribution in [0.4, 0.5) is 0 Å². The monoisotopic (exact) mass is 371 g/mol. The standard InChI is InChI=1S/C19H21N3O3S/c1-3-17-21-13(2)10-18(23)22(17)8-9-25-15-6-4-14(5-7-15)11-16-19(24)20-12-26-16/h4-7,10-11H,3,8-9,12H2,1-2H3,(H,20,24). The molecule has 0 saturated carbocycles. The van der Waals surface area contributed by atoms with Crippen LogP contribution in [0.5, 0.6) is 5.75 Å². The van der Waals surface area contributed by atoms with Gasteiger partial charge in [-0.2, -0.15) is 0 Å². The number of ether oxygens (including phenoxy) is 1. The fraction of sp³-hybridized carbons (Fsp3) is 0.316. The molecule has 3 rings (SSSR count). The summed E-state index contributed by atoms with van der Waals surface area (Å²) in [4.78, 5) is 28.8. The molecule has 26 heavy (non-hydrogen) atoms. The van der Waals surface area contributed by atoms with Gasteiger partial charge in [0.15, 0.2) is 0 Å². The Kier molecular flexibility index (Phi) is 5.78. The summed E-state index contributed by atoms with van der Waals surface area (Å²) in [5.41, 5.74) is 1.64. The number of carbonyl (C=O) groups excluding carboxylic acids is 1. The van der Waals surface area contributed by atoms with Crippen LogP contribution in [0.15, 0.2) is 40.0 Å². The Balaban J connectivity index is 1.61. The number of nitrogens with zero attached hydrogens (tertiary/aromatic N) is 2. The molecule has 2 heterocycles. The summed E-state index contributed by atoms with van der Waals surface area (Å²) in [7, 11) is 0. The molecule has 1 N–H and O–H groups in total. The van der Waals surface area contributed by atoms with Gasteiger partial charge in [-0.1, -0.05) is 30.8 Å². The fourth-order valence-corrected chi connectivity index (χ4v) is 3.48. The van der Waals surface area contributed by atoms with E-state index in [1.807, 2.05) is 44.2 Å². The van der Waals surface area contributed by atoms with Crippen molar-refractivity contribution in [1.82, 2.24) is 14.9 Å². The van der Waals surface area contributed by atoms with E-state index in [1.165, 1.54) is 11.8 Å². The highest BCUT2D eigenvalue weighted by atomic mass is 32.2. The Bertz CT molecular complexity index is 888. The van der Waals surface area contributed by atoms with Crippen molar-refractivity contribution >= 4 is 23.7 Å². The van der Waals surface area contributed by atoms with Crippen LogP contribution in [0.3, 0.4) is 0 Å². The van der Waals surface area contributed by atoms with Gasteiger partial charge < -0.3 is 10.1 Å². The van der Waals surface area contributed by atoms with E-state index >= 15 is 0 Å². The van der Waals surface area contributed by atoms with Gasteiger partial charge in [0.2, 0.25) is 0 Å². The predicted octanol–water partition coefficient (Wildman–Crippen LogP) is 2.35. The highest BCUT2D eigenvalue weighted by Crippen LogP contribution is 2.24. The summed E-state index contributed by atoms with van der Waals surface area (Å²) in [5.74, 6) is 2.09. The molecule has 0 unspecified atom stereocenters. The van der Waals surface area contributed by atoms with Crippen molar-refractivity contribution in [3.05, 3.63) is 62.7 Å². The van der Waals surface area contributed by atoms with Gasteiger partial charge in [-0.05, 0) is 30.7 Å². The predicted molar refractivity (Wildman–Crippen MR) is 103 cm³/mol. The summed E-state index contributed by atoms with van der Waals surface area (Å²) in [5, 5.41) is 2.76. The molecule has 1 saturated heterocycles. The summed E-state index contributed by atoms with van der Waals surface area (Å²) in [6.45, 7) is 4.65. The third kappa shape index (κ3) is 4.35. The number of rotatable bonds is 6. The second-order valence-corrected chi connectivity index (χ2v) is 6.90. The minimum atomic E-state index is -0.0488. The van der Waals surface area contributed by atoms with Crippen molar-refractivity contribution < 1.29 is 9.53 Å². The molecule has 6 nitrogen and oxygen atoms in total. The molecule has 1 aromatic carbocycles. The molecule has 0 radical (unpaired) electrons. The molecule has 1 amide bonds. The van der Waals surface area contributed by atoms with Crippen LogP contribution in [0.25, 0.3) is 6.08 Å². The Morgan fingerprint density at radius 2 is 2.08 bits per heavy atom. The number of aromatic nitrogens is 2. The Labute approximate surface area is 156 Å². The van der Waals surface area contributed by atoms with Gasteiger partial charge in [-0.3, -0.25) is 14.2 Å². The molecule has 2 aromatic rings. The average molecular weight is 371 g/mol. The quantitative estimate of drug-likeness (QED) is 0.789. The van der Waals surface area contributed by atoms with Crippen molar-refractivity contribution in [1.29, 1.82) is 0 Å². The average Bonchev–Trinajstić information content (AvgIpc) is 3.02. The molecule has 136 valence electrons. The summed E-state index contributed by atoms with van der Waals surface area (Å²) in [6, 6.07) is 9.08. The van der Waals surface area contributed by atoms with E-state index in [4.69, 9.17) is 4.74 Å². The molecule has 1 aromatic heterocycles. The first kappa shape index (κ1) is 18.3. The van der Waals surface area contributed by atoms with Crippen molar-refractivity contribution in [2.24, 2.45) is 0 Å². The molecule has 0 aliphatic carbocycles. The Morgan fingerprint density at radius 1 is 1.31 bits per heavy atom. The van der Waals surface area contributed by atoms with E-state index in [-0.39, 0.29) is 11.5 Å². The number of hydrogen-bond acceptors (Lipinski definition) is 5. The molecule has 0 bridgehead atoms. The number of carbonyl (C=O) groups is 1. The Morgan fingerprint density at radius 3 is 2.73 bits per heavy atom. The van der Waals surface area contributed by atoms with Crippen LogP contribution >= 0.6 is 11.8 Å². The van der Waals surface area contributed by atoms with Crippen LogP contribution in [-0.2, 0) is 17.8 Å². The maximum absolute atomic E-state index is 12.1. The number of nitrogens with one attached hydrogen (secondary N) is 1. The van der Waals surface area contributed by atoms with Gasteiger partial charge in [0.05, 0.1) is 17.3 Å². The largest absolute Gasteiger partial charge is 0.492 e. The van der Waals surface area contributed by atoms with Crippen LogP contribution in [0.1, 0.15) is 24.0 Å². The van der Waals surface area contributed by atoms with Gasteiger partial charge in [-0.15, -0.1) is 0 Å². The van der Waals surface area contributed by atoms with Gasteiger partial charge in [0.1, 0.15) is 18.2 Å². The van der Waals surface area contributed by atoms with Gasteiger partial charge in [0, 0.05) is 18.2 Å². The zero-order valence-electron chi connectivity index (χ0n) is 14.8. The topological polar surface area (TPSA) is 73.2 Å². The minimum Gasteiger partial charge on any atom is -0.492 e. The van der Waals surface area contributed by atoms with E-state index in [9.17, 15) is 9.59 Å². The molecule has 0 atom stereocenters. The van der Waals surface area contributed by atoms with Crippen molar-refractivity contribution in [2.75, 3.05) is 12.5 Å². The van der Waals surface area contributed by atoms with Crippen molar-refractivity contribution in [3.63, 3.8) is 0 Å². The highest BCUT2D eigenvalue weighted by molar-refractivity contribution is 8.04. The van der Waals surface area contributed by atoms with Gasteiger partial charge >= 0.3 is 0 Å². The SMILES string of the molecule is CCc1nc(C)cc(=O)n1CCOc1ccc(C=C2SCNC2=O)cc1. The lowest BCUT2D eigenvalue weighted by Crippen LogP contribution is -2.27. The lowest BCUT2D eigenvalue weighted by Gasteiger charge is -2.12. The van der Waals surface area contributed by atoms with Gasteiger partial charge in [-0.25, -0.2) is 4.98 Å². The van der Waals surface area contributed by atoms with E-state index < -0.39 is 0 Å². The third-order valence-electron chi connectivity index (χ3n) is 3.98. The number of aryl methyl sites for hydroxylation is 2. The number of amides is 1. The second kappa shape index (κ2) is 8.23. The fourth-order valence-electron chi connectivity index (χ4n) is 2.69. The van der Waals surface area contributed by atoms with E-state index in [0.717, 1.165) is 27.7 Å². The maximum Gasteiger partial charge on any atom is 0.258 e. The zero-order chi connectivity index (χ0) is 18.5. The first-order chi connectivity index (χ1) is 12.6. The van der Waals surface area contributed by atoms with E-state index in [1.54, 1.807) is 10.6 Å². The lowest BCUT2D eigenvalue weighted by atomic mass is 10.2. The van der Waals surface area contributed by atoms with Crippen molar-refractivity contribution in [3.8, 4) is 5.75 Å². The first-order valence-electron chi connectivity index (χ1n) is 8.49. The summed E-state index contributed by atoms with van der Waals surface area (Å²) in [6.07, 6.45) is 2.56. The van der Waals surface area contributed by atoms with Crippen LogP contribution < -0.4 is 15.6 Å². The number of benzene rings is 1. The summed E-state index contributed by atoms with van der Waals surface area (Å²) >= 11 is 1.50. The maximum atomic E-state index is 12.1. The van der Waals surface area contributed by atoms with Gasteiger partial charge in [0.25, 0.3) is 11.5 Å². The molecular weight excluding hydrogens is 350 g/mol. The molecular formula is C19H21N3O3S. The molecule has 1 aliphatic rings. The molecule has 1 fully saturated rings. The van der Waals surface area contributed by atoms with E-state index in [0.29, 0.717) is 25.4 Å². The number of thioether (sulfide) groups is 1. The highest BCUT2D eigenvalue weighted by Gasteiger charge is 2.16. The van der Waals surface area contributed by atoms with Crippen LogP contribution in [0.2, 0.25) is 0 Å². The zero-order valence-corrected chi connectivity index (χ0v) is 15.6. The molecule has 1 aliphatic heterocycles. The van der Waals surface area contributed by atoms with E-state index in [2.05, 4.69) is 10.3 Å². The third-order valence-corrected chi connectivity index (χ3v) is 4.88.